The van der Waals surface area contributed by atoms with Gasteiger partial charge in [0.1, 0.15) is 0 Å². The van der Waals surface area contributed by atoms with Crippen LogP contribution in [-0.4, -0.2) is 22.4 Å². The van der Waals surface area contributed by atoms with E-state index < -0.39 is 23.8 Å². The molecular weight excluding hydrogens is 214 g/mol. The minimum absolute atomic E-state index is 0.333. The first-order chi connectivity index (χ1) is 7.54. The van der Waals surface area contributed by atoms with Gasteiger partial charge in [-0.3, -0.25) is 0 Å². The predicted molar refractivity (Wildman–Crippen MR) is 57.0 cm³/mol. The molecule has 0 aliphatic rings. The molecule has 0 saturated carbocycles. The first-order valence-corrected chi connectivity index (χ1v) is 5.34. The second kappa shape index (κ2) is 5.92. The lowest BCUT2D eigenvalue weighted by Crippen LogP contribution is -2.25. The molecule has 0 spiro atoms. The predicted octanol–water partition coefficient (Wildman–Crippen LogP) is 2.03. The van der Waals surface area contributed by atoms with Crippen molar-refractivity contribution in [3.63, 3.8) is 0 Å². The molecule has 16 heavy (non-hydrogen) atoms. The van der Waals surface area contributed by atoms with Crippen LogP contribution in [0.4, 0.5) is 8.78 Å². The Morgan fingerprint density at radius 1 is 1.12 bits per heavy atom. The molecule has 0 radical (unpaired) electrons. The Labute approximate surface area is 93.5 Å². The smallest absolute Gasteiger partial charge is 0.159 e. The van der Waals surface area contributed by atoms with Gasteiger partial charge in [0.2, 0.25) is 0 Å². The zero-order valence-electron chi connectivity index (χ0n) is 9.16. The van der Waals surface area contributed by atoms with E-state index in [9.17, 15) is 19.0 Å². The number of hydrogen-bond acceptors (Lipinski definition) is 2. The van der Waals surface area contributed by atoms with E-state index in [2.05, 4.69) is 0 Å². The lowest BCUT2D eigenvalue weighted by molar-refractivity contribution is 0.0130. The molecule has 90 valence electrons. The number of rotatable bonds is 5. The molecule has 0 saturated heterocycles. The standard InChI is InChI=1S/C12H16F2O2/c1-2-11(15)12(16)6-4-8-3-5-9(13)10(14)7-8/h3,5,7,11-12,15-16H,2,4,6H2,1H3. The van der Waals surface area contributed by atoms with E-state index in [0.29, 0.717) is 24.8 Å². The summed E-state index contributed by atoms with van der Waals surface area (Å²) in [4.78, 5) is 0. The first kappa shape index (κ1) is 13.1. The zero-order valence-corrected chi connectivity index (χ0v) is 9.16. The highest BCUT2D eigenvalue weighted by molar-refractivity contribution is 5.17. The molecule has 0 amide bonds. The highest BCUT2D eigenvalue weighted by Crippen LogP contribution is 2.13. The normalized spacial score (nSPS) is 14.8. The third-order valence-corrected chi connectivity index (χ3v) is 2.58. The molecule has 0 aliphatic heterocycles. The molecule has 1 rings (SSSR count). The highest BCUT2D eigenvalue weighted by Gasteiger charge is 2.14. The molecule has 0 fully saturated rings. The van der Waals surface area contributed by atoms with Gasteiger partial charge in [-0.1, -0.05) is 13.0 Å². The summed E-state index contributed by atoms with van der Waals surface area (Å²) in [5.74, 6) is -1.76. The fraction of sp³-hybridized carbons (Fsp3) is 0.500. The molecule has 0 bridgehead atoms. The zero-order chi connectivity index (χ0) is 12.1. The van der Waals surface area contributed by atoms with Gasteiger partial charge >= 0.3 is 0 Å². The Balaban J connectivity index is 2.51. The Hall–Kier alpha value is -1.00. The van der Waals surface area contributed by atoms with E-state index >= 15 is 0 Å². The lowest BCUT2D eigenvalue weighted by atomic mass is 10.0. The van der Waals surface area contributed by atoms with E-state index in [1.807, 2.05) is 0 Å². The molecule has 2 nitrogen and oxygen atoms in total. The summed E-state index contributed by atoms with van der Waals surface area (Å²) in [6.07, 6.45) is -0.363. The van der Waals surface area contributed by atoms with Crippen LogP contribution in [0.2, 0.25) is 0 Å². The molecule has 2 N–H and O–H groups in total. The fourth-order valence-electron chi connectivity index (χ4n) is 1.47. The van der Waals surface area contributed by atoms with Crippen molar-refractivity contribution in [3.05, 3.63) is 35.4 Å². The largest absolute Gasteiger partial charge is 0.390 e. The van der Waals surface area contributed by atoms with Crippen molar-refractivity contribution >= 4 is 0 Å². The summed E-state index contributed by atoms with van der Waals surface area (Å²) in [6.45, 7) is 1.77. The number of benzene rings is 1. The van der Waals surface area contributed by atoms with Gasteiger partial charge in [-0.05, 0) is 37.0 Å². The Kier molecular flexibility index (Phi) is 4.83. The van der Waals surface area contributed by atoms with E-state index in [0.717, 1.165) is 12.1 Å². The number of halogens is 2. The summed E-state index contributed by atoms with van der Waals surface area (Å²) in [5.41, 5.74) is 0.612. The molecule has 0 aliphatic carbocycles. The molecule has 1 aromatic rings. The molecule has 1 aromatic carbocycles. The number of aliphatic hydroxyl groups is 2. The average molecular weight is 230 g/mol. The van der Waals surface area contributed by atoms with Crippen LogP contribution in [0, 0.1) is 11.6 Å². The topological polar surface area (TPSA) is 40.5 Å². The van der Waals surface area contributed by atoms with Gasteiger partial charge in [-0.25, -0.2) is 8.78 Å². The third kappa shape index (κ3) is 3.54. The number of aliphatic hydroxyl groups excluding tert-OH is 2. The van der Waals surface area contributed by atoms with Gasteiger partial charge in [0, 0.05) is 0 Å². The van der Waals surface area contributed by atoms with Gasteiger partial charge in [0.15, 0.2) is 11.6 Å². The van der Waals surface area contributed by atoms with Crippen LogP contribution in [0.5, 0.6) is 0 Å². The molecule has 2 atom stereocenters. The second-order valence-electron chi connectivity index (χ2n) is 3.83. The minimum Gasteiger partial charge on any atom is -0.390 e. The van der Waals surface area contributed by atoms with Crippen LogP contribution < -0.4 is 0 Å². The van der Waals surface area contributed by atoms with Crippen LogP contribution in [0.1, 0.15) is 25.3 Å². The van der Waals surface area contributed by atoms with Crippen molar-refractivity contribution < 1.29 is 19.0 Å². The van der Waals surface area contributed by atoms with Gasteiger partial charge in [-0.2, -0.15) is 0 Å². The van der Waals surface area contributed by atoms with Crippen molar-refractivity contribution in [3.8, 4) is 0 Å². The Morgan fingerprint density at radius 2 is 1.81 bits per heavy atom. The number of hydrogen-bond donors (Lipinski definition) is 2. The lowest BCUT2D eigenvalue weighted by Gasteiger charge is -2.15. The number of aryl methyl sites for hydroxylation is 1. The third-order valence-electron chi connectivity index (χ3n) is 2.58. The molecule has 4 heteroatoms. The van der Waals surface area contributed by atoms with Crippen molar-refractivity contribution in [2.24, 2.45) is 0 Å². The van der Waals surface area contributed by atoms with Gasteiger partial charge in [-0.15, -0.1) is 0 Å². The average Bonchev–Trinajstić information content (AvgIpc) is 2.29. The van der Waals surface area contributed by atoms with Crippen LogP contribution >= 0.6 is 0 Å². The fourth-order valence-corrected chi connectivity index (χ4v) is 1.47. The monoisotopic (exact) mass is 230 g/mol. The van der Waals surface area contributed by atoms with Gasteiger partial charge in [0.05, 0.1) is 12.2 Å². The van der Waals surface area contributed by atoms with Gasteiger partial charge in [0.25, 0.3) is 0 Å². The maximum atomic E-state index is 12.8. The quantitative estimate of drug-likeness (QED) is 0.812. The van der Waals surface area contributed by atoms with E-state index in [1.54, 1.807) is 6.92 Å². The first-order valence-electron chi connectivity index (χ1n) is 5.34. The molecule has 0 heterocycles. The Bertz CT molecular complexity index is 342. The summed E-state index contributed by atoms with van der Waals surface area (Å²) in [6, 6.07) is 3.65. The SMILES string of the molecule is CCC(O)C(O)CCc1ccc(F)c(F)c1. The van der Waals surface area contributed by atoms with E-state index in [-0.39, 0.29) is 0 Å². The summed E-state index contributed by atoms with van der Waals surface area (Å²) < 4.78 is 25.5. The van der Waals surface area contributed by atoms with E-state index in [4.69, 9.17) is 0 Å². The maximum Gasteiger partial charge on any atom is 0.159 e. The van der Waals surface area contributed by atoms with Crippen LogP contribution in [0.25, 0.3) is 0 Å². The van der Waals surface area contributed by atoms with E-state index in [1.165, 1.54) is 6.07 Å². The van der Waals surface area contributed by atoms with Gasteiger partial charge < -0.3 is 10.2 Å². The van der Waals surface area contributed by atoms with Crippen molar-refractivity contribution in [1.82, 2.24) is 0 Å². The molecule has 0 aromatic heterocycles. The summed E-state index contributed by atoms with van der Waals surface area (Å²) >= 11 is 0. The summed E-state index contributed by atoms with van der Waals surface area (Å²) in [5, 5.41) is 18.8. The van der Waals surface area contributed by atoms with Crippen molar-refractivity contribution in [2.45, 2.75) is 38.4 Å². The molecule has 2 unspecified atom stereocenters. The second-order valence-corrected chi connectivity index (χ2v) is 3.83. The highest BCUT2D eigenvalue weighted by atomic mass is 19.2. The molecular formula is C12H16F2O2. The van der Waals surface area contributed by atoms with Crippen molar-refractivity contribution in [2.75, 3.05) is 0 Å². The maximum absolute atomic E-state index is 12.8. The summed E-state index contributed by atoms with van der Waals surface area (Å²) in [7, 11) is 0. The van der Waals surface area contributed by atoms with Crippen LogP contribution in [-0.2, 0) is 6.42 Å². The van der Waals surface area contributed by atoms with Crippen LogP contribution in [0.3, 0.4) is 0 Å². The Morgan fingerprint density at radius 3 is 2.38 bits per heavy atom. The van der Waals surface area contributed by atoms with Crippen molar-refractivity contribution in [1.29, 1.82) is 0 Å². The minimum atomic E-state index is -0.886. The van der Waals surface area contributed by atoms with Crippen LogP contribution in [0.15, 0.2) is 18.2 Å².